The number of hydrogen-bond donors (Lipinski definition) is 2. The number of benzene rings is 1. The summed E-state index contributed by atoms with van der Waals surface area (Å²) < 4.78 is 0. The van der Waals surface area contributed by atoms with Crippen LogP contribution in [0, 0.1) is 0 Å². The second kappa shape index (κ2) is 5.38. The standard InChI is InChI=1S/C10H11ClN2O2/c1-2-5-15-13-10(14)8-6-7(12)3-4-9(8)11/h2-4,6H,1,5,12H2,(H,13,14). The highest BCUT2D eigenvalue weighted by molar-refractivity contribution is 6.33. The molecule has 0 unspecified atom stereocenters. The molecule has 1 aromatic rings. The summed E-state index contributed by atoms with van der Waals surface area (Å²) in [5.74, 6) is -0.436. The Balaban J connectivity index is 2.72. The maximum Gasteiger partial charge on any atom is 0.276 e. The van der Waals surface area contributed by atoms with Crippen LogP contribution in [0.25, 0.3) is 0 Å². The van der Waals surface area contributed by atoms with Crippen LogP contribution in [0.1, 0.15) is 10.4 Å². The predicted molar refractivity (Wildman–Crippen MR) is 59.5 cm³/mol. The average molecular weight is 227 g/mol. The van der Waals surface area contributed by atoms with Crippen molar-refractivity contribution < 1.29 is 9.63 Å². The summed E-state index contributed by atoms with van der Waals surface area (Å²) >= 11 is 5.81. The zero-order chi connectivity index (χ0) is 11.3. The van der Waals surface area contributed by atoms with Crippen LogP contribution in [0.2, 0.25) is 5.02 Å². The first kappa shape index (κ1) is 11.6. The summed E-state index contributed by atoms with van der Waals surface area (Å²) in [6.07, 6.45) is 1.52. The molecule has 0 heterocycles. The molecular weight excluding hydrogens is 216 g/mol. The van der Waals surface area contributed by atoms with E-state index < -0.39 is 5.91 Å². The van der Waals surface area contributed by atoms with E-state index >= 15 is 0 Å². The van der Waals surface area contributed by atoms with Crippen LogP contribution in [0.5, 0.6) is 0 Å². The van der Waals surface area contributed by atoms with Crippen LogP contribution in [0.15, 0.2) is 30.9 Å². The van der Waals surface area contributed by atoms with Gasteiger partial charge in [0.05, 0.1) is 17.2 Å². The van der Waals surface area contributed by atoms with Gasteiger partial charge in [-0.25, -0.2) is 5.48 Å². The molecule has 0 aliphatic carbocycles. The zero-order valence-corrected chi connectivity index (χ0v) is 8.75. The van der Waals surface area contributed by atoms with Gasteiger partial charge in [0.25, 0.3) is 5.91 Å². The van der Waals surface area contributed by atoms with E-state index in [9.17, 15) is 4.79 Å². The lowest BCUT2D eigenvalue weighted by Gasteiger charge is -2.06. The molecule has 0 fully saturated rings. The van der Waals surface area contributed by atoms with Crippen molar-refractivity contribution in [2.75, 3.05) is 12.3 Å². The molecule has 0 aliphatic heterocycles. The number of hydroxylamine groups is 1. The number of anilines is 1. The lowest BCUT2D eigenvalue weighted by atomic mass is 10.2. The maximum atomic E-state index is 11.5. The Morgan fingerprint density at radius 2 is 2.40 bits per heavy atom. The fourth-order valence-corrected chi connectivity index (χ4v) is 1.14. The number of nitrogens with one attached hydrogen (secondary N) is 1. The van der Waals surface area contributed by atoms with Crippen molar-refractivity contribution in [2.24, 2.45) is 0 Å². The molecule has 4 nitrogen and oxygen atoms in total. The van der Waals surface area contributed by atoms with Gasteiger partial charge in [0.1, 0.15) is 0 Å². The predicted octanol–water partition coefficient (Wildman–Crippen LogP) is 1.77. The highest BCUT2D eigenvalue weighted by Crippen LogP contribution is 2.18. The van der Waals surface area contributed by atoms with Crippen LogP contribution < -0.4 is 11.2 Å². The Morgan fingerprint density at radius 1 is 1.67 bits per heavy atom. The van der Waals surface area contributed by atoms with Crippen molar-refractivity contribution in [1.82, 2.24) is 5.48 Å². The Bertz CT molecular complexity index is 380. The van der Waals surface area contributed by atoms with Gasteiger partial charge in [0.2, 0.25) is 0 Å². The summed E-state index contributed by atoms with van der Waals surface area (Å²) in [5, 5.41) is 0.323. The molecule has 0 bridgehead atoms. The van der Waals surface area contributed by atoms with Gasteiger partial charge < -0.3 is 5.73 Å². The lowest BCUT2D eigenvalue weighted by molar-refractivity contribution is 0.0422. The molecule has 1 aromatic carbocycles. The van der Waals surface area contributed by atoms with Crippen LogP contribution in [0.4, 0.5) is 5.69 Å². The largest absolute Gasteiger partial charge is 0.399 e. The second-order valence-corrected chi connectivity index (χ2v) is 3.18. The molecule has 0 aromatic heterocycles. The number of nitrogens with two attached hydrogens (primary N) is 1. The van der Waals surface area contributed by atoms with Crippen molar-refractivity contribution in [1.29, 1.82) is 0 Å². The minimum absolute atomic E-state index is 0.228. The smallest absolute Gasteiger partial charge is 0.276 e. The fourth-order valence-electron chi connectivity index (χ4n) is 0.938. The van der Waals surface area contributed by atoms with E-state index in [1.165, 1.54) is 12.1 Å². The number of nitrogen functional groups attached to an aromatic ring is 1. The SMILES string of the molecule is C=CCONC(=O)c1cc(N)ccc1Cl. The first-order valence-corrected chi connectivity index (χ1v) is 4.61. The van der Waals surface area contributed by atoms with E-state index in [1.807, 2.05) is 0 Å². The summed E-state index contributed by atoms with van der Waals surface area (Å²) in [7, 11) is 0. The molecule has 0 saturated carbocycles. The highest BCUT2D eigenvalue weighted by Gasteiger charge is 2.10. The van der Waals surface area contributed by atoms with Crippen molar-refractivity contribution in [3.05, 3.63) is 41.4 Å². The summed E-state index contributed by atoms with van der Waals surface area (Å²) in [6.45, 7) is 3.67. The maximum absolute atomic E-state index is 11.5. The Hall–Kier alpha value is -1.52. The minimum atomic E-state index is -0.436. The number of amides is 1. The van der Waals surface area contributed by atoms with Gasteiger partial charge in [-0.2, -0.15) is 0 Å². The van der Waals surface area contributed by atoms with Gasteiger partial charge >= 0.3 is 0 Å². The molecule has 3 N–H and O–H groups in total. The Labute approximate surface area is 92.6 Å². The fraction of sp³-hybridized carbons (Fsp3) is 0.100. The topological polar surface area (TPSA) is 64.3 Å². The molecule has 0 spiro atoms. The van der Waals surface area contributed by atoms with Gasteiger partial charge in [-0.3, -0.25) is 9.63 Å². The van der Waals surface area contributed by atoms with Crippen molar-refractivity contribution in [2.45, 2.75) is 0 Å². The van der Waals surface area contributed by atoms with Crippen molar-refractivity contribution in [3.8, 4) is 0 Å². The van der Waals surface area contributed by atoms with Gasteiger partial charge in [-0.05, 0) is 18.2 Å². The van der Waals surface area contributed by atoms with Gasteiger partial charge in [0.15, 0.2) is 0 Å². The second-order valence-electron chi connectivity index (χ2n) is 2.77. The third-order valence-corrected chi connectivity index (χ3v) is 1.93. The molecule has 15 heavy (non-hydrogen) atoms. The van der Waals surface area contributed by atoms with E-state index in [-0.39, 0.29) is 12.2 Å². The first-order chi connectivity index (χ1) is 7.15. The molecule has 0 radical (unpaired) electrons. The number of carbonyl (C=O) groups is 1. The third-order valence-electron chi connectivity index (χ3n) is 1.60. The van der Waals surface area contributed by atoms with Gasteiger partial charge in [-0.15, -0.1) is 6.58 Å². The number of hydrogen-bond acceptors (Lipinski definition) is 3. The number of rotatable bonds is 4. The summed E-state index contributed by atoms with van der Waals surface area (Å²) in [5.41, 5.74) is 8.49. The van der Waals surface area contributed by atoms with Gasteiger partial charge in [-0.1, -0.05) is 17.7 Å². The van der Waals surface area contributed by atoms with E-state index in [2.05, 4.69) is 12.1 Å². The molecule has 1 amide bonds. The molecule has 0 saturated heterocycles. The minimum Gasteiger partial charge on any atom is -0.399 e. The van der Waals surface area contributed by atoms with Gasteiger partial charge in [0, 0.05) is 5.69 Å². The summed E-state index contributed by atoms with van der Waals surface area (Å²) in [4.78, 5) is 16.3. The van der Waals surface area contributed by atoms with Crippen LogP contribution in [-0.4, -0.2) is 12.5 Å². The molecule has 1 rings (SSSR count). The van der Waals surface area contributed by atoms with Crippen molar-refractivity contribution in [3.63, 3.8) is 0 Å². The number of halogens is 1. The average Bonchev–Trinajstić information content (AvgIpc) is 2.22. The van der Waals surface area contributed by atoms with Crippen LogP contribution in [-0.2, 0) is 4.84 Å². The van der Waals surface area contributed by atoms with E-state index in [0.717, 1.165) is 0 Å². The summed E-state index contributed by atoms with van der Waals surface area (Å²) in [6, 6.07) is 4.65. The molecule has 80 valence electrons. The van der Waals surface area contributed by atoms with E-state index in [4.69, 9.17) is 22.2 Å². The molecule has 5 heteroatoms. The third kappa shape index (κ3) is 3.27. The van der Waals surface area contributed by atoms with Crippen LogP contribution in [0.3, 0.4) is 0 Å². The molecule has 0 atom stereocenters. The van der Waals surface area contributed by atoms with E-state index in [1.54, 1.807) is 12.1 Å². The van der Waals surface area contributed by atoms with E-state index in [0.29, 0.717) is 10.7 Å². The lowest BCUT2D eigenvalue weighted by Crippen LogP contribution is -2.24. The normalized spacial score (nSPS) is 9.67. The molecule has 0 aliphatic rings. The Kier molecular flexibility index (Phi) is 4.15. The molecular formula is C10H11ClN2O2. The quantitative estimate of drug-likeness (QED) is 0.356. The first-order valence-electron chi connectivity index (χ1n) is 4.23. The number of carbonyl (C=O) groups excluding carboxylic acids is 1. The monoisotopic (exact) mass is 226 g/mol. The Morgan fingerprint density at radius 3 is 3.07 bits per heavy atom. The van der Waals surface area contributed by atoms with Crippen LogP contribution >= 0.6 is 11.6 Å². The zero-order valence-electron chi connectivity index (χ0n) is 8.00. The highest BCUT2D eigenvalue weighted by atomic mass is 35.5. The van der Waals surface area contributed by atoms with Crippen molar-refractivity contribution >= 4 is 23.2 Å².